The second-order valence-corrected chi connectivity index (χ2v) is 18.1. The molecule has 1 atom stereocenters. The summed E-state index contributed by atoms with van der Waals surface area (Å²) < 4.78 is 16.7. The van der Waals surface area contributed by atoms with Gasteiger partial charge in [0, 0.05) is 12.8 Å². The fourth-order valence-corrected chi connectivity index (χ4v) is 7.26. The SMILES string of the molecule is CC/C=C\C/C=C\C/C=C\C/C=C\C/C=C\CC(=O)OC(COC(=O)CCCCCCC/C=C\C/C=C\CCCCC)COC(=O)CCCCCCCC/C=C\C/C=C\C/C=C\CCCCCCC. The highest BCUT2D eigenvalue weighted by atomic mass is 16.6. The Hall–Kier alpha value is -4.19. The van der Waals surface area contributed by atoms with E-state index in [9.17, 15) is 14.4 Å². The van der Waals surface area contributed by atoms with E-state index in [1.54, 1.807) is 6.08 Å². The second-order valence-electron chi connectivity index (χ2n) is 18.1. The topological polar surface area (TPSA) is 78.9 Å². The Morgan fingerprint density at radius 3 is 0.986 bits per heavy atom. The molecule has 0 aliphatic heterocycles. The highest BCUT2D eigenvalue weighted by Crippen LogP contribution is 2.13. The molecular weight excluding hydrogens is 853 g/mol. The lowest BCUT2D eigenvalue weighted by atomic mass is 10.1. The molecule has 0 saturated heterocycles. The molecule has 0 saturated carbocycles. The van der Waals surface area contributed by atoms with Crippen LogP contribution in [0, 0.1) is 0 Å². The fraction of sp³-hybridized carbons (Fsp3) is 0.635. The third kappa shape index (κ3) is 54.6. The summed E-state index contributed by atoms with van der Waals surface area (Å²) in [6.45, 7) is 6.37. The third-order valence-electron chi connectivity index (χ3n) is 11.5. The van der Waals surface area contributed by atoms with Gasteiger partial charge in [-0.3, -0.25) is 14.4 Å². The first-order chi connectivity index (χ1) is 34.0. The molecule has 0 fully saturated rings. The Kier molecular flexibility index (Phi) is 53.0. The van der Waals surface area contributed by atoms with Gasteiger partial charge in [-0.25, -0.2) is 0 Å². The van der Waals surface area contributed by atoms with Crippen LogP contribution in [0.3, 0.4) is 0 Å². The van der Waals surface area contributed by atoms with Crippen molar-refractivity contribution in [1.82, 2.24) is 0 Å². The molecule has 69 heavy (non-hydrogen) atoms. The van der Waals surface area contributed by atoms with E-state index in [1.807, 2.05) is 6.08 Å². The molecule has 0 N–H and O–H groups in total. The molecule has 0 aromatic carbocycles. The molecule has 6 heteroatoms. The monoisotopic (exact) mass is 955 g/mol. The average molecular weight is 956 g/mol. The molecule has 0 aromatic rings. The molecule has 1 unspecified atom stereocenters. The fourth-order valence-electron chi connectivity index (χ4n) is 7.26. The van der Waals surface area contributed by atoms with Crippen LogP contribution in [0.4, 0.5) is 0 Å². The predicted octanol–water partition coefficient (Wildman–Crippen LogP) is 18.9. The van der Waals surface area contributed by atoms with E-state index in [4.69, 9.17) is 14.2 Å². The minimum absolute atomic E-state index is 0.0863. The smallest absolute Gasteiger partial charge is 0.310 e. The number of esters is 3. The van der Waals surface area contributed by atoms with E-state index >= 15 is 0 Å². The quantitative estimate of drug-likeness (QED) is 0.0262. The molecular formula is C63H102O6. The van der Waals surface area contributed by atoms with Gasteiger partial charge in [-0.05, 0) is 116 Å². The Morgan fingerprint density at radius 1 is 0.319 bits per heavy atom. The molecule has 0 amide bonds. The summed E-state index contributed by atoms with van der Waals surface area (Å²) in [5.74, 6) is -1.09. The highest BCUT2D eigenvalue weighted by Gasteiger charge is 2.19. The van der Waals surface area contributed by atoms with E-state index in [1.165, 1.54) is 77.0 Å². The van der Waals surface area contributed by atoms with Crippen molar-refractivity contribution in [2.75, 3.05) is 13.2 Å². The predicted molar refractivity (Wildman–Crippen MR) is 297 cm³/mol. The van der Waals surface area contributed by atoms with Gasteiger partial charge in [-0.2, -0.15) is 0 Å². The van der Waals surface area contributed by atoms with Gasteiger partial charge in [-0.1, -0.05) is 226 Å². The maximum Gasteiger partial charge on any atom is 0.310 e. The van der Waals surface area contributed by atoms with Gasteiger partial charge in [-0.15, -0.1) is 0 Å². The minimum atomic E-state index is -0.848. The van der Waals surface area contributed by atoms with Crippen molar-refractivity contribution in [3.8, 4) is 0 Å². The minimum Gasteiger partial charge on any atom is -0.462 e. The van der Waals surface area contributed by atoms with Crippen LogP contribution in [-0.2, 0) is 28.6 Å². The Bertz CT molecular complexity index is 1470. The molecule has 6 nitrogen and oxygen atoms in total. The average Bonchev–Trinajstić information content (AvgIpc) is 3.35. The summed E-state index contributed by atoms with van der Waals surface area (Å²) in [4.78, 5) is 38.0. The van der Waals surface area contributed by atoms with E-state index in [-0.39, 0.29) is 31.6 Å². The molecule has 0 heterocycles. The van der Waals surface area contributed by atoms with E-state index in [2.05, 4.69) is 130 Å². The molecule has 0 radical (unpaired) electrons. The molecule has 0 bridgehead atoms. The van der Waals surface area contributed by atoms with Gasteiger partial charge in [0.05, 0.1) is 6.42 Å². The Morgan fingerprint density at radius 2 is 0.609 bits per heavy atom. The van der Waals surface area contributed by atoms with E-state index < -0.39 is 12.1 Å². The lowest BCUT2D eigenvalue weighted by Crippen LogP contribution is -2.30. The maximum absolute atomic E-state index is 12.8. The van der Waals surface area contributed by atoms with Crippen LogP contribution in [0.15, 0.2) is 122 Å². The lowest BCUT2D eigenvalue weighted by Gasteiger charge is -2.18. The second kappa shape index (κ2) is 56.4. The summed E-state index contributed by atoms with van der Waals surface area (Å²) in [6.07, 6.45) is 77.8. The van der Waals surface area contributed by atoms with Crippen molar-refractivity contribution in [2.24, 2.45) is 0 Å². The Balaban J connectivity index is 4.53. The van der Waals surface area contributed by atoms with Crippen LogP contribution in [0.1, 0.15) is 239 Å². The molecule has 0 rings (SSSR count). The first-order valence-electron chi connectivity index (χ1n) is 28.0. The molecule has 0 aliphatic rings. The van der Waals surface area contributed by atoms with Crippen molar-refractivity contribution in [2.45, 2.75) is 245 Å². The van der Waals surface area contributed by atoms with E-state index in [0.717, 1.165) is 116 Å². The van der Waals surface area contributed by atoms with Crippen molar-refractivity contribution in [3.05, 3.63) is 122 Å². The molecule has 0 spiro atoms. The zero-order valence-electron chi connectivity index (χ0n) is 44.5. The molecule has 0 aromatic heterocycles. The maximum atomic E-state index is 12.8. The van der Waals surface area contributed by atoms with Crippen LogP contribution in [0.25, 0.3) is 0 Å². The van der Waals surface area contributed by atoms with Crippen LogP contribution in [0.5, 0.6) is 0 Å². The van der Waals surface area contributed by atoms with Gasteiger partial charge in [0.1, 0.15) is 13.2 Å². The molecule has 390 valence electrons. The number of carbonyl (C=O) groups excluding carboxylic acids is 3. The summed E-state index contributed by atoms with van der Waals surface area (Å²) in [6, 6.07) is 0. The number of hydrogen-bond acceptors (Lipinski definition) is 6. The standard InChI is InChI=1S/C63H102O6/c1-4-7-10-13-16-19-22-25-28-29-30-31-32-33-36-38-41-44-47-50-53-56-62(65)68-59-60(69-63(66)57-54-51-48-45-42-39-35-27-24-21-18-15-12-9-6-3)58-67-61(64)55-52-49-46-43-40-37-34-26-23-20-17-14-11-8-5-2/h9,12,17-18,20-22,25-27,29-30,32-35,42,45,51,54,60H,4-8,10-11,13-16,19,23-24,28,31,36-41,43-44,46-50,52-53,55-59H2,1-3H3/b12-9-,20-17-,21-18-,25-22-,30-29-,33-32-,34-26-,35-27-,45-42-,54-51-. The van der Waals surface area contributed by atoms with Crippen molar-refractivity contribution in [1.29, 1.82) is 0 Å². The number of unbranched alkanes of at least 4 members (excludes halogenated alkanes) is 19. The Labute approximate surface area is 424 Å². The lowest BCUT2D eigenvalue weighted by molar-refractivity contribution is -0.166. The summed E-state index contributed by atoms with van der Waals surface area (Å²) in [5.41, 5.74) is 0. The van der Waals surface area contributed by atoms with Crippen LogP contribution in [-0.4, -0.2) is 37.2 Å². The summed E-state index contributed by atoms with van der Waals surface area (Å²) in [5, 5.41) is 0. The zero-order valence-corrected chi connectivity index (χ0v) is 44.5. The van der Waals surface area contributed by atoms with Crippen LogP contribution < -0.4 is 0 Å². The normalized spacial score (nSPS) is 13.0. The number of carbonyl (C=O) groups is 3. The van der Waals surface area contributed by atoms with Crippen LogP contribution in [0.2, 0.25) is 0 Å². The van der Waals surface area contributed by atoms with E-state index in [0.29, 0.717) is 19.3 Å². The summed E-state index contributed by atoms with van der Waals surface area (Å²) in [7, 11) is 0. The van der Waals surface area contributed by atoms with Crippen molar-refractivity contribution >= 4 is 17.9 Å². The summed E-state index contributed by atoms with van der Waals surface area (Å²) >= 11 is 0. The number of allylic oxidation sites excluding steroid dienone is 19. The highest BCUT2D eigenvalue weighted by molar-refractivity contribution is 5.72. The molecule has 0 aliphatic carbocycles. The van der Waals surface area contributed by atoms with Crippen molar-refractivity contribution in [3.63, 3.8) is 0 Å². The van der Waals surface area contributed by atoms with Gasteiger partial charge in [0.15, 0.2) is 6.10 Å². The zero-order chi connectivity index (χ0) is 50.0. The van der Waals surface area contributed by atoms with Crippen molar-refractivity contribution < 1.29 is 28.6 Å². The number of rotatable bonds is 49. The number of ether oxygens (including phenoxy) is 3. The first kappa shape index (κ1) is 64.8. The number of hydrogen-bond donors (Lipinski definition) is 0. The van der Waals surface area contributed by atoms with Gasteiger partial charge in [0.2, 0.25) is 0 Å². The first-order valence-corrected chi connectivity index (χ1v) is 28.0. The van der Waals surface area contributed by atoms with Crippen LogP contribution >= 0.6 is 0 Å². The third-order valence-corrected chi connectivity index (χ3v) is 11.5. The van der Waals surface area contributed by atoms with Gasteiger partial charge < -0.3 is 14.2 Å². The van der Waals surface area contributed by atoms with Gasteiger partial charge >= 0.3 is 17.9 Å². The largest absolute Gasteiger partial charge is 0.462 e. The van der Waals surface area contributed by atoms with Gasteiger partial charge in [0.25, 0.3) is 0 Å².